The van der Waals surface area contributed by atoms with E-state index < -0.39 is 0 Å². The Morgan fingerprint density at radius 2 is 1.76 bits per heavy atom. The molecule has 0 radical (unpaired) electrons. The molecule has 2 heteroatoms. The molecule has 2 rings (SSSR count). The monoisotopic (exact) mass is 228 g/mol. The highest BCUT2D eigenvalue weighted by Gasteiger charge is 1.99. The summed E-state index contributed by atoms with van der Waals surface area (Å²) in [6.07, 6.45) is 2.19. The summed E-state index contributed by atoms with van der Waals surface area (Å²) in [6, 6.07) is 14.8. The van der Waals surface area contributed by atoms with Crippen LogP contribution in [0.5, 0.6) is 17.2 Å². The molecule has 2 aromatic carbocycles. The summed E-state index contributed by atoms with van der Waals surface area (Å²) in [6.45, 7) is 2.16. The zero-order valence-corrected chi connectivity index (χ0v) is 9.89. The summed E-state index contributed by atoms with van der Waals surface area (Å²) >= 11 is 0. The van der Waals surface area contributed by atoms with Gasteiger partial charge in [-0.05, 0) is 48.4 Å². The predicted octanol–water partition coefficient (Wildman–Crippen LogP) is 4.14. The molecule has 0 heterocycles. The van der Waals surface area contributed by atoms with Crippen LogP contribution >= 0.6 is 0 Å². The first-order valence-corrected chi connectivity index (χ1v) is 5.84. The number of phenols is 1. The Morgan fingerprint density at radius 1 is 1.00 bits per heavy atom. The van der Waals surface area contributed by atoms with Crippen molar-refractivity contribution >= 4 is 0 Å². The number of benzene rings is 2. The van der Waals surface area contributed by atoms with Crippen LogP contribution < -0.4 is 4.74 Å². The molecule has 88 valence electrons. The van der Waals surface area contributed by atoms with Crippen LogP contribution in [0.25, 0.3) is 0 Å². The van der Waals surface area contributed by atoms with Crippen molar-refractivity contribution in [3.05, 3.63) is 54.1 Å². The molecule has 0 fully saturated rings. The highest BCUT2D eigenvalue weighted by Crippen LogP contribution is 2.24. The zero-order chi connectivity index (χ0) is 12.1. The Labute approximate surface area is 101 Å². The highest BCUT2D eigenvalue weighted by molar-refractivity contribution is 5.36. The van der Waals surface area contributed by atoms with E-state index in [0.29, 0.717) is 0 Å². The van der Waals surface area contributed by atoms with Gasteiger partial charge in [-0.2, -0.15) is 0 Å². The van der Waals surface area contributed by atoms with Gasteiger partial charge in [-0.1, -0.05) is 25.5 Å². The molecular formula is C15H16O2. The molecule has 2 nitrogen and oxygen atoms in total. The number of ether oxygens (including phenoxy) is 1. The van der Waals surface area contributed by atoms with E-state index in [-0.39, 0.29) is 5.75 Å². The van der Waals surface area contributed by atoms with E-state index in [1.54, 1.807) is 24.3 Å². The molecule has 1 N–H and O–H groups in total. The fraction of sp³-hybridized carbons (Fsp3) is 0.200. The molecule has 0 bridgehead atoms. The van der Waals surface area contributed by atoms with Crippen molar-refractivity contribution in [2.24, 2.45) is 0 Å². The Kier molecular flexibility index (Phi) is 3.66. The van der Waals surface area contributed by atoms with Crippen molar-refractivity contribution < 1.29 is 9.84 Å². The van der Waals surface area contributed by atoms with Gasteiger partial charge in [0.1, 0.15) is 17.2 Å². The summed E-state index contributed by atoms with van der Waals surface area (Å²) in [5.74, 6) is 1.81. The van der Waals surface area contributed by atoms with Gasteiger partial charge in [0, 0.05) is 0 Å². The molecule has 0 amide bonds. The van der Waals surface area contributed by atoms with E-state index in [1.165, 1.54) is 5.56 Å². The first kappa shape index (κ1) is 11.5. The summed E-state index contributed by atoms with van der Waals surface area (Å²) in [5, 5.41) is 9.18. The third kappa shape index (κ3) is 3.25. The van der Waals surface area contributed by atoms with E-state index in [2.05, 4.69) is 19.1 Å². The SMILES string of the molecule is CCCc1cccc(Oc2ccc(O)cc2)c1. The van der Waals surface area contributed by atoms with Crippen molar-refractivity contribution in [3.8, 4) is 17.2 Å². The Balaban J connectivity index is 2.12. The summed E-state index contributed by atoms with van der Waals surface area (Å²) in [4.78, 5) is 0. The predicted molar refractivity (Wildman–Crippen MR) is 68.6 cm³/mol. The first-order valence-electron chi connectivity index (χ1n) is 5.84. The Hall–Kier alpha value is -1.96. The van der Waals surface area contributed by atoms with Gasteiger partial charge < -0.3 is 9.84 Å². The third-order valence-corrected chi connectivity index (χ3v) is 2.51. The second-order valence-electron chi connectivity index (χ2n) is 3.99. The smallest absolute Gasteiger partial charge is 0.127 e. The number of hydrogen-bond acceptors (Lipinski definition) is 2. The second kappa shape index (κ2) is 5.39. The van der Waals surface area contributed by atoms with Crippen LogP contribution in [0.4, 0.5) is 0 Å². The maximum absolute atomic E-state index is 9.18. The maximum Gasteiger partial charge on any atom is 0.127 e. The van der Waals surface area contributed by atoms with Crippen molar-refractivity contribution in [1.29, 1.82) is 0 Å². The van der Waals surface area contributed by atoms with Gasteiger partial charge in [-0.3, -0.25) is 0 Å². The molecule has 0 spiro atoms. The van der Waals surface area contributed by atoms with E-state index in [1.807, 2.05) is 12.1 Å². The van der Waals surface area contributed by atoms with E-state index in [9.17, 15) is 5.11 Å². The van der Waals surface area contributed by atoms with Crippen LogP contribution in [0.3, 0.4) is 0 Å². The van der Waals surface area contributed by atoms with E-state index in [4.69, 9.17) is 4.74 Å². The topological polar surface area (TPSA) is 29.5 Å². The Bertz CT molecular complexity index is 475. The number of aryl methyl sites for hydroxylation is 1. The lowest BCUT2D eigenvalue weighted by atomic mass is 10.1. The standard InChI is InChI=1S/C15H16O2/c1-2-4-12-5-3-6-15(11-12)17-14-9-7-13(16)8-10-14/h3,5-11,16H,2,4H2,1H3. The average Bonchev–Trinajstić information content (AvgIpc) is 2.33. The first-order chi connectivity index (χ1) is 8.28. The summed E-state index contributed by atoms with van der Waals surface area (Å²) < 4.78 is 5.71. The molecule has 0 unspecified atom stereocenters. The van der Waals surface area contributed by atoms with Gasteiger partial charge in [-0.25, -0.2) is 0 Å². The van der Waals surface area contributed by atoms with Crippen LogP contribution in [0.2, 0.25) is 0 Å². The Morgan fingerprint density at radius 3 is 2.47 bits per heavy atom. The van der Waals surface area contributed by atoms with Crippen molar-refractivity contribution in [3.63, 3.8) is 0 Å². The number of phenolic OH excluding ortho intramolecular Hbond substituents is 1. The number of rotatable bonds is 4. The fourth-order valence-corrected chi connectivity index (χ4v) is 1.70. The maximum atomic E-state index is 9.18. The minimum Gasteiger partial charge on any atom is -0.508 e. The summed E-state index contributed by atoms with van der Waals surface area (Å²) in [5.41, 5.74) is 1.28. The van der Waals surface area contributed by atoms with Crippen LogP contribution in [-0.2, 0) is 6.42 Å². The van der Waals surface area contributed by atoms with Gasteiger partial charge >= 0.3 is 0 Å². The average molecular weight is 228 g/mol. The van der Waals surface area contributed by atoms with Gasteiger partial charge in [0.25, 0.3) is 0 Å². The van der Waals surface area contributed by atoms with Gasteiger partial charge in [0.2, 0.25) is 0 Å². The lowest BCUT2D eigenvalue weighted by molar-refractivity contribution is 0.464. The zero-order valence-electron chi connectivity index (χ0n) is 9.89. The van der Waals surface area contributed by atoms with E-state index in [0.717, 1.165) is 24.3 Å². The van der Waals surface area contributed by atoms with Crippen molar-refractivity contribution in [2.45, 2.75) is 19.8 Å². The summed E-state index contributed by atoms with van der Waals surface area (Å²) in [7, 11) is 0. The highest BCUT2D eigenvalue weighted by atomic mass is 16.5. The molecule has 0 aromatic heterocycles. The largest absolute Gasteiger partial charge is 0.508 e. The quantitative estimate of drug-likeness (QED) is 0.852. The lowest BCUT2D eigenvalue weighted by Gasteiger charge is -2.07. The van der Waals surface area contributed by atoms with Crippen LogP contribution in [0, 0.1) is 0 Å². The van der Waals surface area contributed by atoms with Gasteiger partial charge in [0.05, 0.1) is 0 Å². The van der Waals surface area contributed by atoms with Crippen molar-refractivity contribution in [2.75, 3.05) is 0 Å². The van der Waals surface area contributed by atoms with Crippen LogP contribution in [-0.4, -0.2) is 5.11 Å². The van der Waals surface area contributed by atoms with Crippen LogP contribution in [0.15, 0.2) is 48.5 Å². The third-order valence-electron chi connectivity index (χ3n) is 2.51. The number of aromatic hydroxyl groups is 1. The normalized spacial score (nSPS) is 10.2. The molecule has 2 aromatic rings. The van der Waals surface area contributed by atoms with E-state index >= 15 is 0 Å². The molecule has 0 aliphatic heterocycles. The molecule has 0 aliphatic carbocycles. The molecular weight excluding hydrogens is 212 g/mol. The van der Waals surface area contributed by atoms with Gasteiger partial charge in [-0.15, -0.1) is 0 Å². The fourth-order valence-electron chi connectivity index (χ4n) is 1.70. The van der Waals surface area contributed by atoms with Crippen LogP contribution in [0.1, 0.15) is 18.9 Å². The van der Waals surface area contributed by atoms with Crippen molar-refractivity contribution in [1.82, 2.24) is 0 Å². The number of hydrogen-bond donors (Lipinski definition) is 1. The second-order valence-corrected chi connectivity index (χ2v) is 3.99. The molecule has 17 heavy (non-hydrogen) atoms. The lowest BCUT2D eigenvalue weighted by Crippen LogP contribution is -1.87. The molecule has 0 atom stereocenters. The minimum absolute atomic E-state index is 0.247. The minimum atomic E-state index is 0.247. The molecule has 0 saturated heterocycles. The molecule has 0 aliphatic rings. The van der Waals surface area contributed by atoms with Gasteiger partial charge in [0.15, 0.2) is 0 Å². The molecule has 0 saturated carbocycles.